The Kier molecular flexibility index (Phi) is 2.55. The number of aliphatic hydroxyl groups is 1. The molecule has 14 heavy (non-hydrogen) atoms. The number of rotatable bonds is 2. The van der Waals surface area contributed by atoms with Crippen LogP contribution in [-0.4, -0.2) is 20.2 Å². The summed E-state index contributed by atoms with van der Waals surface area (Å²) in [5.74, 6) is 0.561. The number of aliphatic hydroxyl groups excluding tert-OH is 1. The topological polar surface area (TPSA) is 72.0 Å². The van der Waals surface area contributed by atoms with Gasteiger partial charge in [-0.3, -0.25) is 0 Å². The van der Waals surface area contributed by atoms with Gasteiger partial charge in [-0.2, -0.15) is 4.98 Å². The summed E-state index contributed by atoms with van der Waals surface area (Å²) in [4.78, 5) is 7.99. The zero-order valence-electron chi connectivity index (χ0n) is 7.01. The molecule has 2 heterocycles. The van der Waals surface area contributed by atoms with E-state index in [2.05, 4.69) is 31.1 Å². The van der Waals surface area contributed by atoms with Crippen molar-refractivity contribution < 1.29 is 9.63 Å². The number of hydrogen-bond acceptors (Lipinski definition) is 5. The van der Waals surface area contributed by atoms with Gasteiger partial charge in [-0.1, -0.05) is 5.16 Å². The first-order valence-corrected chi connectivity index (χ1v) is 4.64. The monoisotopic (exact) mass is 255 g/mol. The summed E-state index contributed by atoms with van der Waals surface area (Å²) < 4.78 is 5.76. The highest BCUT2D eigenvalue weighted by atomic mass is 79.9. The van der Waals surface area contributed by atoms with Crippen LogP contribution in [0.1, 0.15) is 5.82 Å². The molecule has 0 fully saturated rings. The Balaban J connectivity index is 2.34. The van der Waals surface area contributed by atoms with Gasteiger partial charge >= 0.3 is 0 Å². The van der Waals surface area contributed by atoms with E-state index in [1.54, 1.807) is 12.3 Å². The molecule has 5 nitrogen and oxygen atoms in total. The minimum absolute atomic E-state index is 0.236. The van der Waals surface area contributed by atoms with Crippen molar-refractivity contribution in [2.45, 2.75) is 6.61 Å². The number of hydrogen-bond donors (Lipinski definition) is 1. The van der Waals surface area contributed by atoms with Gasteiger partial charge in [0.2, 0.25) is 0 Å². The molecular weight excluding hydrogens is 250 g/mol. The SMILES string of the molecule is OCc1noc(-c2ccc(Br)cn2)n1. The number of pyridine rings is 1. The molecule has 0 aliphatic heterocycles. The van der Waals surface area contributed by atoms with E-state index in [1.807, 2.05) is 6.07 Å². The normalized spacial score (nSPS) is 10.4. The molecule has 0 bridgehead atoms. The lowest BCUT2D eigenvalue weighted by Crippen LogP contribution is -1.86. The Morgan fingerprint density at radius 2 is 2.29 bits per heavy atom. The standard InChI is InChI=1S/C8H6BrN3O2/c9-5-1-2-6(10-3-5)8-11-7(4-13)12-14-8/h1-3,13H,4H2. The van der Waals surface area contributed by atoms with E-state index in [0.717, 1.165) is 4.47 Å². The third-order valence-electron chi connectivity index (χ3n) is 1.56. The second kappa shape index (κ2) is 3.85. The molecule has 2 aromatic heterocycles. The van der Waals surface area contributed by atoms with Gasteiger partial charge in [0.15, 0.2) is 5.82 Å². The Labute approximate surface area is 87.9 Å². The van der Waals surface area contributed by atoms with Crippen molar-refractivity contribution in [1.29, 1.82) is 0 Å². The summed E-state index contributed by atoms with van der Waals surface area (Å²) in [5.41, 5.74) is 0.584. The first kappa shape index (κ1) is 9.29. The minimum atomic E-state index is -0.236. The van der Waals surface area contributed by atoms with Crippen LogP contribution in [0.15, 0.2) is 27.3 Å². The summed E-state index contributed by atoms with van der Waals surface area (Å²) in [6, 6.07) is 3.57. The van der Waals surface area contributed by atoms with Gasteiger partial charge < -0.3 is 9.63 Å². The first-order chi connectivity index (χ1) is 6.79. The van der Waals surface area contributed by atoms with Crippen molar-refractivity contribution in [3.63, 3.8) is 0 Å². The third kappa shape index (κ3) is 1.80. The molecule has 0 aromatic carbocycles. The van der Waals surface area contributed by atoms with Crippen LogP contribution in [0, 0.1) is 0 Å². The van der Waals surface area contributed by atoms with Crippen molar-refractivity contribution in [1.82, 2.24) is 15.1 Å². The van der Waals surface area contributed by atoms with Crippen molar-refractivity contribution >= 4 is 15.9 Å². The van der Waals surface area contributed by atoms with Gasteiger partial charge in [0.1, 0.15) is 12.3 Å². The van der Waals surface area contributed by atoms with E-state index < -0.39 is 0 Å². The number of aromatic nitrogens is 3. The highest BCUT2D eigenvalue weighted by molar-refractivity contribution is 9.10. The van der Waals surface area contributed by atoms with Crippen LogP contribution in [0.5, 0.6) is 0 Å². The molecule has 0 aliphatic rings. The van der Waals surface area contributed by atoms with Gasteiger partial charge in [0, 0.05) is 10.7 Å². The van der Waals surface area contributed by atoms with Crippen LogP contribution in [0.4, 0.5) is 0 Å². The van der Waals surface area contributed by atoms with E-state index in [9.17, 15) is 0 Å². The number of nitrogens with zero attached hydrogens (tertiary/aromatic N) is 3. The quantitative estimate of drug-likeness (QED) is 0.878. The number of halogens is 1. The maximum Gasteiger partial charge on any atom is 0.276 e. The lowest BCUT2D eigenvalue weighted by Gasteiger charge is -1.92. The summed E-state index contributed by atoms with van der Waals surface area (Å²) in [6.07, 6.45) is 1.64. The molecule has 0 aliphatic carbocycles. The molecular formula is C8H6BrN3O2. The summed E-state index contributed by atoms with van der Waals surface area (Å²) in [7, 11) is 0. The van der Waals surface area contributed by atoms with E-state index in [0.29, 0.717) is 11.6 Å². The maximum atomic E-state index is 8.73. The van der Waals surface area contributed by atoms with E-state index in [-0.39, 0.29) is 12.4 Å². The maximum absolute atomic E-state index is 8.73. The lowest BCUT2D eigenvalue weighted by atomic mass is 10.3. The van der Waals surface area contributed by atoms with Gasteiger partial charge in [0.05, 0.1) is 0 Å². The smallest absolute Gasteiger partial charge is 0.276 e. The average molecular weight is 256 g/mol. The molecule has 0 atom stereocenters. The second-order valence-corrected chi connectivity index (χ2v) is 3.45. The van der Waals surface area contributed by atoms with Gasteiger partial charge in [-0.05, 0) is 28.1 Å². The molecule has 0 unspecified atom stereocenters. The van der Waals surface area contributed by atoms with Gasteiger partial charge in [0.25, 0.3) is 5.89 Å². The average Bonchev–Trinajstić information content (AvgIpc) is 2.67. The second-order valence-electron chi connectivity index (χ2n) is 2.54. The van der Waals surface area contributed by atoms with Crippen LogP contribution in [-0.2, 0) is 6.61 Å². The zero-order valence-corrected chi connectivity index (χ0v) is 8.60. The summed E-state index contributed by atoms with van der Waals surface area (Å²) in [6.45, 7) is -0.236. The van der Waals surface area contributed by atoms with E-state index in [4.69, 9.17) is 9.63 Å². The molecule has 2 aromatic rings. The molecule has 6 heteroatoms. The third-order valence-corrected chi connectivity index (χ3v) is 2.03. The van der Waals surface area contributed by atoms with Gasteiger partial charge in [-0.25, -0.2) is 4.98 Å². The van der Waals surface area contributed by atoms with E-state index >= 15 is 0 Å². The predicted molar refractivity (Wildman–Crippen MR) is 51.2 cm³/mol. The highest BCUT2D eigenvalue weighted by Gasteiger charge is 2.08. The summed E-state index contributed by atoms with van der Waals surface area (Å²) in [5, 5.41) is 12.3. The molecule has 0 amide bonds. The molecule has 72 valence electrons. The fourth-order valence-electron chi connectivity index (χ4n) is 0.925. The van der Waals surface area contributed by atoms with Crippen LogP contribution in [0.25, 0.3) is 11.6 Å². The van der Waals surface area contributed by atoms with Gasteiger partial charge in [-0.15, -0.1) is 0 Å². The minimum Gasteiger partial charge on any atom is -0.388 e. The van der Waals surface area contributed by atoms with E-state index in [1.165, 1.54) is 0 Å². The first-order valence-electron chi connectivity index (χ1n) is 3.85. The fraction of sp³-hybridized carbons (Fsp3) is 0.125. The Morgan fingerprint density at radius 3 is 2.86 bits per heavy atom. The van der Waals surface area contributed by atoms with Crippen LogP contribution < -0.4 is 0 Å². The lowest BCUT2D eigenvalue weighted by molar-refractivity contribution is 0.264. The summed E-state index contributed by atoms with van der Waals surface area (Å²) >= 11 is 3.27. The molecule has 0 saturated heterocycles. The fourth-order valence-corrected chi connectivity index (χ4v) is 1.16. The molecule has 0 spiro atoms. The molecule has 2 rings (SSSR count). The Bertz CT molecular complexity index is 426. The highest BCUT2D eigenvalue weighted by Crippen LogP contribution is 2.16. The zero-order chi connectivity index (χ0) is 9.97. The largest absolute Gasteiger partial charge is 0.388 e. The van der Waals surface area contributed by atoms with Crippen LogP contribution in [0.2, 0.25) is 0 Å². The van der Waals surface area contributed by atoms with Crippen molar-refractivity contribution in [3.8, 4) is 11.6 Å². The van der Waals surface area contributed by atoms with Crippen molar-refractivity contribution in [2.24, 2.45) is 0 Å². The molecule has 1 N–H and O–H groups in total. The Hall–Kier alpha value is -1.27. The predicted octanol–water partition coefficient (Wildman–Crippen LogP) is 1.39. The van der Waals surface area contributed by atoms with Crippen LogP contribution in [0.3, 0.4) is 0 Å². The van der Waals surface area contributed by atoms with Crippen LogP contribution >= 0.6 is 15.9 Å². The molecule has 0 saturated carbocycles. The van der Waals surface area contributed by atoms with Crippen molar-refractivity contribution in [3.05, 3.63) is 28.6 Å². The van der Waals surface area contributed by atoms with Crippen molar-refractivity contribution in [2.75, 3.05) is 0 Å². The molecule has 0 radical (unpaired) electrons. The Morgan fingerprint density at radius 1 is 1.43 bits per heavy atom.